The lowest BCUT2D eigenvalue weighted by Crippen LogP contribution is -2.29. The molecule has 0 bridgehead atoms. The van der Waals surface area contributed by atoms with E-state index in [0.29, 0.717) is 0 Å². The maximum absolute atomic E-state index is 5.08. The summed E-state index contributed by atoms with van der Waals surface area (Å²) in [5, 5.41) is 2.31. The summed E-state index contributed by atoms with van der Waals surface area (Å²) in [6, 6.07) is 51.8. The SMILES string of the molecule is C=C/C=C(\C=C)C1(c2ccccc2)c2ccccc2-c2cc3c(cc21)N(c1cc(-c2ccccn2)ccn1)c1ccc(-c2ccccn2)c2cccc-3c12. The van der Waals surface area contributed by atoms with Crippen molar-refractivity contribution < 1.29 is 0 Å². The standard InChI is InChI=1S/C50H34N4/c1-3-15-34(4-2)50(35-16-6-5-7-17-35)42-21-9-8-18-36(42)40-31-41-39-20-14-19-38-37(45-23-11-13-28-52-45)24-25-46(49(38)39)54(47(41)32-43(40)50)48-30-33(26-29-53-48)44-22-10-12-27-51-44/h3-32H,1-2H2/b34-15+. The molecule has 254 valence electrons. The minimum atomic E-state index is -0.637. The maximum Gasteiger partial charge on any atom is 0.138 e. The molecule has 0 saturated carbocycles. The number of hydrogen-bond donors (Lipinski definition) is 0. The van der Waals surface area contributed by atoms with Gasteiger partial charge in [0.25, 0.3) is 0 Å². The zero-order chi connectivity index (χ0) is 36.2. The number of anilines is 3. The highest BCUT2D eigenvalue weighted by Crippen LogP contribution is 2.61. The molecule has 0 radical (unpaired) electrons. The number of benzene rings is 5. The van der Waals surface area contributed by atoms with E-state index in [1.807, 2.05) is 67.1 Å². The summed E-state index contributed by atoms with van der Waals surface area (Å²) in [6.45, 7) is 8.51. The predicted octanol–water partition coefficient (Wildman–Crippen LogP) is 12.4. The molecule has 1 aliphatic carbocycles. The van der Waals surface area contributed by atoms with Gasteiger partial charge in [-0.05, 0) is 98.9 Å². The van der Waals surface area contributed by atoms with E-state index in [1.165, 1.54) is 33.4 Å². The first-order valence-corrected chi connectivity index (χ1v) is 18.2. The van der Waals surface area contributed by atoms with Crippen molar-refractivity contribution in [2.45, 2.75) is 5.41 Å². The van der Waals surface area contributed by atoms with Gasteiger partial charge in [-0.2, -0.15) is 0 Å². The van der Waals surface area contributed by atoms with E-state index in [4.69, 9.17) is 15.0 Å². The number of aromatic nitrogens is 3. The highest BCUT2D eigenvalue weighted by Gasteiger charge is 2.47. The molecule has 10 rings (SSSR count). The smallest absolute Gasteiger partial charge is 0.138 e. The molecule has 0 spiro atoms. The van der Waals surface area contributed by atoms with Gasteiger partial charge in [0.15, 0.2) is 0 Å². The van der Waals surface area contributed by atoms with Crippen LogP contribution >= 0.6 is 0 Å². The van der Waals surface area contributed by atoms with Crippen molar-refractivity contribution in [3.8, 4) is 44.8 Å². The molecular formula is C50H34N4. The summed E-state index contributed by atoms with van der Waals surface area (Å²) in [4.78, 5) is 16.9. The summed E-state index contributed by atoms with van der Waals surface area (Å²) in [6.07, 6.45) is 11.5. The number of hydrogen-bond acceptors (Lipinski definition) is 4. The molecule has 1 aliphatic heterocycles. The monoisotopic (exact) mass is 690 g/mol. The highest BCUT2D eigenvalue weighted by molar-refractivity contribution is 6.18. The molecule has 3 aromatic heterocycles. The first-order chi connectivity index (χ1) is 26.7. The second-order valence-electron chi connectivity index (χ2n) is 13.7. The molecule has 4 nitrogen and oxygen atoms in total. The van der Waals surface area contributed by atoms with Gasteiger partial charge in [0.05, 0.1) is 28.2 Å². The van der Waals surface area contributed by atoms with Crippen molar-refractivity contribution in [1.82, 2.24) is 15.0 Å². The molecule has 8 aromatic rings. The number of nitrogens with zero attached hydrogens (tertiary/aromatic N) is 4. The van der Waals surface area contributed by atoms with Crippen LogP contribution < -0.4 is 4.90 Å². The van der Waals surface area contributed by atoms with Crippen molar-refractivity contribution in [3.63, 3.8) is 0 Å². The Morgan fingerprint density at radius 3 is 2.07 bits per heavy atom. The molecule has 0 amide bonds. The van der Waals surface area contributed by atoms with Crippen molar-refractivity contribution in [3.05, 3.63) is 218 Å². The topological polar surface area (TPSA) is 41.9 Å². The van der Waals surface area contributed by atoms with Crippen molar-refractivity contribution in [1.29, 1.82) is 0 Å². The maximum atomic E-state index is 5.08. The lowest BCUT2D eigenvalue weighted by molar-refractivity contribution is 0.767. The largest absolute Gasteiger partial charge is 0.294 e. The van der Waals surface area contributed by atoms with Crippen molar-refractivity contribution in [2.24, 2.45) is 0 Å². The van der Waals surface area contributed by atoms with Crippen LogP contribution in [0.1, 0.15) is 16.7 Å². The molecule has 1 unspecified atom stereocenters. The molecule has 54 heavy (non-hydrogen) atoms. The van der Waals surface area contributed by atoms with Gasteiger partial charge in [-0.1, -0.05) is 122 Å². The number of fused-ring (bicyclic) bond motifs is 5. The van der Waals surface area contributed by atoms with Gasteiger partial charge in [-0.3, -0.25) is 14.9 Å². The van der Waals surface area contributed by atoms with Crippen LogP contribution in [0.2, 0.25) is 0 Å². The Hall–Kier alpha value is -7.17. The fraction of sp³-hybridized carbons (Fsp3) is 0.0200. The van der Waals surface area contributed by atoms with Crippen LogP contribution in [0.15, 0.2) is 201 Å². The third-order valence-corrected chi connectivity index (χ3v) is 11.0. The van der Waals surface area contributed by atoms with Crippen molar-refractivity contribution >= 4 is 28.0 Å². The molecule has 0 saturated heterocycles. The molecule has 4 heteroatoms. The second-order valence-corrected chi connectivity index (χ2v) is 13.7. The molecule has 2 aliphatic rings. The van der Waals surface area contributed by atoms with E-state index >= 15 is 0 Å². The van der Waals surface area contributed by atoms with Gasteiger partial charge < -0.3 is 0 Å². The average Bonchev–Trinajstić information content (AvgIpc) is 3.53. The third-order valence-electron chi connectivity index (χ3n) is 11.0. The average molecular weight is 691 g/mol. The Morgan fingerprint density at radius 2 is 1.30 bits per heavy atom. The summed E-state index contributed by atoms with van der Waals surface area (Å²) in [7, 11) is 0. The minimum Gasteiger partial charge on any atom is -0.294 e. The van der Waals surface area contributed by atoms with E-state index in [0.717, 1.165) is 61.6 Å². The second kappa shape index (κ2) is 12.5. The van der Waals surface area contributed by atoms with E-state index in [2.05, 4.69) is 133 Å². The van der Waals surface area contributed by atoms with E-state index in [1.54, 1.807) is 0 Å². The fourth-order valence-electron chi connectivity index (χ4n) is 8.82. The van der Waals surface area contributed by atoms with E-state index in [-0.39, 0.29) is 0 Å². The summed E-state index contributed by atoms with van der Waals surface area (Å²) in [5.41, 5.74) is 14.8. The van der Waals surface area contributed by atoms with E-state index < -0.39 is 5.41 Å². The molecule has 0 N–H and O–H groups in total. The first-order valence-electron chi connectivity index (χ1n) is 18.2. The zero-order valence-electron chi connectivity index (χ0n) is 29.5. The molecule has 5 aromatic carbocycles. The van der Waals surface area contributed by atoms with Crippen LogP contribution in [0, 0.1) is 0 Å². The van der Waals surface area contributed by atoms with Gasteiger partial charge >= 0.3 is 0 Å². The third kappa shape index (κ3) is 4.53. The quantitative estimate of drug-likeness (QED) is 0.156. The van der Waals surface area contributed by atoms with Crippen LogP contribution in [0.4, 0.5) is 17.2 Å². The fourth-order valence-corrected chi connectivity index (χ4v) is 8.82. The summed E-state index contributed by atoms with van der Waals surface area (Å²) >= 11 is 0. The van der Waals surface area contributed by atoms with Crippen LogP contribution in [0.5, 0.6) is 0 Å². The molecule has 0 fully saturated rings. The Bertz CT molecular complexity index is 2810. The number of pyridine rings is 3. The molecule has 4 heterocycles. The number of allylic oxidation sites excluding steroid dienone is 4. The van der Waals surface area contributed by atoms with Crippen LogP contribution in [0.25, 0.3) is 55.5 Å². The molecular weight excluding hydrogens is 657 g/mol. The summed E-state index contributed by atoms with van der Waals surface area (Å²) in [5.74, 6) is 0.812. The zero-order valence-corrected chi connectivity index (χ0v) is 29.5. The minimum absolute atomic E-state index is 0.637. The highest BCUT2D eigenvalue weighted by atomic mass is 15.2. The van der Waals surface area contributed by atoms with Gasteiger partial charge in [0.2, 0.25) is 0 Å². The van der Waals surface area contributed by atoms with Crippen LogP contribution in [-0.4, -0.2) is 15.0 Å². The molecule has 1 atom stereocenters. The van der Waals surface area contributed by atoms with Gasteiger partial charge in [-0.25, -0.2) is 4.98 Å². The number of rotatable bonds is 7. The van der Waals surface area contributed by atoms with Crippen molar-refractivity contribution in [2.75, 3.05) is 4.90 Å². The van der Waals surface area contributed by atoms with Gasteiger partial charge in [0.1, 0.15) is 5.82 Å². The van der Waals surface area contributed by atoms with Gasteiger partial charge in [-0.15, -0.1) is 0 Å². The van der Waals surface area contributed by atoms with E-state index in [9.17, 15) is 0 Å². The normalized spacial score (nSPS) is 15.3. The first kappa shape index (κ1) is 31.6. The Balaban J connectivity index is 1.33. The Labute approximate surface area is 314 Å². The lowest BCUT2D eigenvalue weighted by Gasteiger charge is -2.37. The van der Waals surface area contributed by atoms with Crippen LogP contribution in [0.3, 0.4) is 0 Å². The summed E-state index contributed by atoms with van der Waals surface area (Å²) < 4.78 is 0. The van der Waals surface area contributed by atoms with Crippen LogP contribution in [-0.2, 0) is 5.41 Å². The Morgan fingerprint density at radius 1 is 0.537 bits per heavy atom. The Kier molecular flexibility index (Phi) is 7.31. The predicted molar refractivity (Wildman–Crippen MR) is 222 cm³/mol. The van der Waals surface area contributed by atoms with Gasteiger partial charge in [0, 0.05) is 40.7 Å². The lowest BCUT2D eigenvalue weighted by atomic mass is 9.66.